The number of aromatic nitrogens is 3. The fraction of sp³-hybridized carbons (Fsp3) is 0.200. The van der Waals surface area contributed by atoms with Gasteiger partial charge in [0.25, 0.3) is 11.5 Å². The van der Waals surface area contributed by atoms with Crippen LogP contribution in [-0.2, 0) is 0 Å². The van der Waals surface area contributed by atoms with Gasteiger partial charge in [-0.25, -0.2) is 0 Å². The minimum Gasteiger partial charge on any atom is -0.406 e. The standard InChI is InChI=1S/C20H17F3N4O4/c1-12(11-28)25-18(29)16-9-17(13-4-6-15(7-5-13)31-20(21,22)23)26-27(19(16)30)14-3-2-8-24-10-14/h2-10,12,28H,11H2,1H3,(H,25,29). The number of alkyl halides is 3. The molecule has 2 aromatic heterocycles. The molecular weight excluding hydrogens is 417 g/mol. The van der Waals surface area contributed by atoms with Gasteiger partial charge < -0.3 is 15.2 Å². The van der Waals surface area contributed by atoms with Gasteiger partial charge in [-0.3, -0.25) is 14.6 Å². The average molecular weight is 434 g/mol. The Labute approximate surface area is 173 Å². The Morgan fingerprint density at radius 3 is 2.55 bits per heavy atom. The van der Waals surface area contributed by atoms with Crippen LogP contribution >= 0.6 is 0 Å². The third kappa shape index (κ3) is 5.45. The van der Waals surface area contributed by atoms with Crippen LogP contribution in [0.1, 0.15) is 17.3 Å². The number of pyridine rings is 1. The van der Waals surface area contributed by atoms with Gasteiger partial charge in [0.05, 0.1) is 24.2 Å². The lowest BCUT2D eigenvalue weighted by atomic mass is 10.1. The Bertz CT molecular complexity index is 1120. The van der Waals surface area contributed by atoms with Crippen LogP contribution in [0.2, 0.25) is 0 Å². The molecule has 0 bridgehead atoms. The van der Waals surface area contributed by atoms with Crippen LogP contribution in [0.4, 0.5) is 13.2 Å². The topological polar surface area (TPSA) is 106 Å². The quantitative estimate of drug-likeness (QED) is 0.617. The highest BCUT2D eigenvalue weighted by Gasteiger charge is 2.31. The van der Waals surface area contributed by atoms with Crippen molar-refractivity contribution < 1.29 is 27.8 Å². The van der Waals surface area contributed by atoms with E-state index in [4.69, 9.17) is 5.11 Å². The van der Waals surface area contributed by atoms with E-state index in [1.165, 1.54) is 30.6 Å². The summed E-state index contributed by atoms with van der Waals surface area (Å²) in [5.41, 5.74) is -0.197. The van der Waals surface area contributed by atoms with Gasteiger partial charge in [-0.1, -0.05) is 0 Å². The third-order valence-corrected chi connectivity index (χ3v) is 4.08. The van der Waals surface area contributed by atoms with Gasteiger partial charge in [0.1, 0.15) is 11.3 Å². The molecule has 3 rings (SSSR count). The number of carbonyl (C=O) groups excluding carboxylic acids is 1. The monoisotopic (exact) mass is 434 g/mol. The fourth-order valence-corrected chi connectivity index (χ4v) is 2.63. The molecule has 3 aromatic rings. The number of aliphatic hydroxyl groups is 1. The number of nitrogens with one attached hydrogen (secondary N) is 1. The number of rotatable bonds is 6. The Kier molecular flexibility index (Phi) is 6.35. The maximum Gasteiger partial charge on any atom is 0.573 e. The number of amides is 1. The molecule has 0 fully saturated rings. The molecule has 0 saturated carbocycles. The lowest BCUT2D eigenvalue weighted by Crippen LogP contribution is -2.39. The van der Waals surface area contributed by atoms with E-state index in [0.717, 1.165) is 16.8 Å². The Morgan fingerprint density at radius 2 is 1.97 bits per heavy atom. The first-order chi connectivity index (χ1) is 14.7. The van der Waals surface area contributed by atoms with Crippen LogP contribution in [-0.4, -0.2) is 44.8 Å². The molecular formula is C20H17F3N4O4. The summed E-state index contributed by atoms with van der Waals surface area (Å²) in [6.07, 6.45) is -1.97. The second kappa shape index (κ2) is 8.96. The summed E-state index contributed by atoms with van der Waals surface area (Å²) in [5, 5.41) is 15.9. The normalized spacial score (nSPS) is 12.3. The van der Waals surface area contributed by atoms with Crippen LogP contribution in [0.5, 0.6) is 5.75 Å². The highest BCUT2D eigenvalue weighted by atomic mass is 19.4. The minimum atomic E-state index is -4.83. The number of nitrogens with zero attached hydrogens (tertiary/aromatic N) is 3. The largest absolute Gasteiger partial charge is 0.573 e. The lowest BCUT2D eigenvalue weighted by molar-refractivity contribution is -0.274. The number of carbonyl (C=O) groups is 1. The van der Waals surface area contributed by atoms with Gasteiger partial charge in [-0.2, -0.15) is 9.78 Å². The van der Waals surface area contributed by atoms with Crippen LogP contribution < -0.4 is 15.6 Å². The Hall–Kier alpha value is -3.73. The van der Waals surface area contributed by atoms with Gasteiger partial charge in [-0.05, 0) is 49.4 Å². The second-order valence-electron chi connectivity index (χ2n) is 6.50. The predicted molar refractivity (Wildman–Crippen MR) is 104 cm³/mol. The molecule has 11 heteroatoms. The molecule has 2 heterocycles. The molecule has 1 atom stereocenters. The molecule has 0 aliphatic heterocycles. The predicted octanol–water partition coefficient (Wildman–Crippen LogP) is 2.30. The highest BCUT2D eigenvalue weighted by molar-refractivity contribution is 5.95. The molecule has 0 spiro atoms. The van der Waals surface area contributed by atoms with E-state index >= 15 is 0 Å². The molecule has 0 radical (unpaired) electrons. The van der Waals surface area contributed by atoms with Crippen LogP contribution in [0.25, 0.3) is 16.9 Å². The SMILES string of the molecule is CC(CO)NC(=O)c1cc(-c2ccc(OC(F)(F)F)cc2)nn(-c2cccnc2)c1=O. The molecule has 31 heavy (non-hydrogen) atoms. The van der Waals surface area contributed by atoms with Crippen molar-refractivity contribution in [2.45, 2.75) is 19.3 Å². The van der Waals surface area contributed by atoms with E-state index in [9.17, 15) is 22.8 Å². The molecule has 2 N–H and O–H groups in total. The Balaban J connectivity index is 2.09. The van der Waals surface area contributed by atoms with E-state index < -0.39 is 29.6 Å². The first kappa shape index (κ1) is 22.0. The van der Waals surface area contributed by atoms with Crippen molar-refractivity contribution >= 4 is 5.91 Å². The summed E-state index contributed by atoms with van der Waals surface area (Å²) >= 11 is 0. The summed E-state index contributed by atoms with van der Waals surface area (Å²) in [6.45, 7) is 1.22. The maximum absolute atomic E-state index is 12.9. The third-order valence-electron chi connectivity index (χ3n) is 4.08. The molecule has 8 nitrogen and oxygen atoms in total. The summed E-state index contributed by atoms with van der Waals surface area (Å²) in [7, 11) is 0. The van der Waals surface area contributed by atoms with E-state index in [2.05, 4.69) is 20.1 Å². The summed E-state index contributed by atoms with van der Waals surface area (Å²) in [6, 6.07) is 8.59. The molecule has 0 aliphatic rings. The maximum atomic E-state index is 12.9. The lowest BCUT2D eigenvalue weighted by Gasteiger charge is -2.14. The fourth-order valence-electron chi connectivity index (χ4n) is 2.63. The first-order valence-electron chi connectivity index (χ1n) is 9.00. The smallest absolute Gasteiger partial charge is 0.406 e. The van der Waals surface area contributed by atoms with Crippen molar-refractivity contribution in [3.63, 3.8) is 0 Å². The van der Waals surface area contributed by atoms with Crippen LogP contribution in [0, 0.1) is 0 Å². The number of halogens is 3. The zero-order valence-electron chi connectivity index (χ0n) is 16.1. The van der Waals surface area contributed by atoms with Gasteiger partial charge in [0, 0.05) is 17.8 Å². The van der Waals surface area contributed by atoms with E-state index in [0.29, 0.717) is 5.56 Å². The number of hydrogen-bond donors (Lipinski definition) is 2. The number of aliphatic hydroxyl groups excluding tert-OH is 1. The van der Waals surface area contributed by atoms with Gasteiger partial charge in [-0.15, -0.1) is 13.2 Å². The van der Waals surface area contributed by atoms with Crippen molar-refractivity contribution in [1.29, 1.82) is 0 Å². The minimum absolute atomic E-state index is 0.156. The Morgan fingerprint density at radius 1 is 1.26 bits per heavy atom. The van der Waals surface area contributed by atoms with E-state index in [1.54, 1.807) is 19.1 Å². The van der Waals surface area contributed by atoms with E-state index in [1.807, 2.05) is 0 Å². The second-order valence-corrected chi connectivity index (χ2v) is 6.50. The average Bonchev–Trinajstić information content (AvgIpc) is 2.74. The summed E-state index contributed by atoms with van der Waals surface area (Å²) in [4.78, 5) is 29.4. The van der Waals surface area contributed by atoms with Crippen molar-refractivity contribution in [2.75, 3.05) is 6.61 Å². The van der Waals surface area contributed by atoms with Crippen molar-refractivity contribution in [2.24, 2.45) is 0 Å². The van der Waals surface area contributed by atoms with Crippen molar-refractivity contribution in [1.82, 2.24) is 20.1 Å². The number of hydrogen-bond acceptors (Lipinski definition) is 6. The van der Waals surface area contributed by atoms with Crippen molar-refractivity contribution in [3.8, 4) is 22.7 Å². The van der Waals surface area contributed by atoms with Gasteiger partial charge in [0.15, 0.2) is 0 Å². The van der Waals surface area contributed by atoms with Crippen molar-refractivity contribution in [3.05, 3.63) is 70.8 Å². The van der Waals surface area contributed by atoms with E-state index in [-0.39, 0.29) is 23.6 Å². The van der Waals surface area contributed by atoms with Crippen LogP contribution in [0.15, 0.2) is 59.7 Å². The zero-order valence-corrected chi connectivity index (χ0v) is 16.1. The highest BCUT2D eigenvalue weighted by Crippen LogP contribution is 2.26. The zero-order chi connectivity index (χ0) is 22.6. The molecule has 0 aliphatic carbocycles. The summed E-state index contributed by atoms with van der Waals surface area (Å²) in [5.74, 6) is -1.16. The van der Waals surface area contributed by atoms with Gasteiger partial charge in [0.2, 0.25) is 0 Å². The molecule has 1 unspecified atom stereocenters. The van der Waals surface area contributed by atoms with Gasteiger partial charge >= 0.3 is 6.36 Å². The molecule has 0 saturated heterocycles. The first-order valence-corrected chi connectivity index (χ1v) is 9.00. The molecule has 1 aromatic carbocycles. The summed E-state index contributed by atoms with van der Waals surface area (Å²) < 4.78 is 42.0. The number of benzene rings is 1. The molecule has 1 amide bonds. The molecule has 162 valence electrons. The number of ether oxygens (including phenoxy) is 1. The van der Waals surface area contributed by atoms with Crippen LogP contribution in [0.3, 0.4) is 0 Å².